The molecule has 1 aliphatic carbocycles. The Morgan fingerprint density at radius 1 is 1.06 bits per heavy atom. The van der Waals surface area contributed by atoms with Gasteiger partial charge in [-0.3, -0.25) is 4.99 Å². The molecular formula is C16H21NS. The maximum atomic E-state index is 5.17. The van der Waals surface area contributed by atoms with Crippen LogP contribution in [0, 0.1) is 0 Å². The fourth-order valence-electron chi connectivity index (χ4n) is 3.38. The summed E-state index contributed by atoms with van der Waals surface area (Å²) in [6, 6.07) is 8.84. The Morgan fingerprint density at radius 2 is 1.78 bits per heavy atom. The van der Waals surface area contributed by atoms with Gasteiger partial charge in [0.1, 0.15) is 0 Å². The van der Waals surface area contributed by atoms with Crippen molar-refractivity contribution in [2.75, 3.05) is 6.26 Å². The molecule has 2 aliphatic rings. The molecule has 0 unspecified atom stereocenters. The Bertz CT molecular complexity index is 456. The molecule has 1 spiro atoms. The fraction of sp³-hybridized carbons (Fsp3) is 0.562. The van der Waals surface area contributed by atoms with Gasteiger partial charge in [0.25, 0.3) is 0 Å². The quantitative estimate of drug-likeness (QED) is 0.670. The van der Waals surface area contributed by atoms with Crippen LogP contribution in [-0.4, -0.2) is 16.8 Å². The van der Waals surface area contributed by atoms with E-state index < -0.39 is 0 Å². The zero-order chi connectivity index (χ0) is 12.4. The smallest absolute Gasteiger partial charge is 0.0983 e. The van der Waals surface area contributed by atoms with Gasteiger partial charge in [-0.1, -0.05) is 49.9 Å². The summed E-state index contributed by atoms with van der Waals surface area (Å²) >= 11 is 1.81. The fourth-order valence-corrected chi connectivity index (χ4v) is 4.09. The number of benzene rings is 1. The van der Waals surface area contributed by atoms with Gasteiger partial charge in [-0.15, -0.1) is 11.8 Å². The summed E-state index contributed by atoms with van der Waals surface area (Å²) in [5.74, 6) is 0. The molecule has 1 fully saturated rings. The lowest BCUT2D eigenvalue weighted by Gasteiger charge is -2.34. The molecule has 0 saturated heterocycles. The highest BCUT2D eigenvalue weighted by molar-refractivity contribution is 8.13. The highest BCUT2D eigenvalue weighted by atomic mass is 32.2. The standard InChI is InChI=1S/C16H21NS/c1-18-15-14-9-5-4-8-13(14)12-16(17-15)10-6-2-3-7-11-16/h4-5,8-9H,2-3,6-7,10-12H2,1H3. The van der Waals surface area contributed by atoms with E-state index in [0.717, 1.165) is 6.42 Å². The monoisotopic (exact) mass is 259 g/mol. The molecule has 1 heterocycles. The molecule has 3 rings (SSSR count). The Morgan fingerprint density at radius 3 is 2.50 bits per heavy atom. The lowest BCUT2D eigenvalue weighted by atomic mass is 9.81. The maximum absolute atomic E-state index is 5.17. The topological polar surface area (TPSA) is 12.4 Å². The van der Waals surface area contributed by atoms with Crippen LogP contribution in [0.4, 0.5) is 0 Å². The highest BCUT2D eigenvalue weighted by Gasteiger charge is 2.35. The molecule has 1 aromatic rings. The zero-order valence-electron chi connectivity index (χ0n) is 11.1. The Kier molecular flexibility index (Phi) is 3.47. The summed E-state index contributed by atoms with van der Waals surface area (Å²) in [6.07, 6.45) is 11.4. The molecule has 0 atom stereocenters. The normalized spacial score (nSPS) is 22.2. The van der Waals surface area contributed by atoms with Crippen LogP contribution in [-0.2, 0) is 6.42 Å². The van der Waals surface area contributed by atoms with Crippen LogP contribution in [0.3, 0.4) is 0 Å². The van der Waals surface area contributed by atoms with Gasteiger partial charge in [0, 0.05) is 5.56 Å². The van der Waals surface area contributed by atoms with Gasteiger partial charge in [0.15, 0.2) is 0 Å². The van der Waals surface area contributed by atoms with Gasteiger partial charge < -0.3 is 0 Å². The summed E-state index contributed by atoms with van der Waals surface area (Å²) in [4.78, 5) is 5.17. The van der Waals surface area contributed by atoms with Gasteiger partial charge in [0.2, 0.25) is 0 Å². The summed E-state index contributed by atoms with van der Waals surface area (Å²) in [6.45, 7) is 0. The van der Waals surface area contributed by atoms with E-state index in [1.165, 1.54) is 54.7 Å². The Hall–Kier alpha value is -0.760. The van der Waals surface area contributed by atoms with E-state index >= 15 is 0 Å². The van der Waals surface area contributed by atoms with Crippen molar-refractivity contribution in [3.8, 4) is 0 Å². The number of hydrogen-bond donors (Lipinski definition) is 0. The number of fused-ring (bicyclic) bond motifs is 1. The van der Waals surface area contributed by atoms with E-state index in [0.29, 0.717) is 0 Å². The highest BCUT2D eigenvalue weighted by Crippen LogP contribution is 2.39. The van der Waals surface area contributed by atoms with Crippen LogP contribution in [0.25, 0.3) is 0 Å². The molecule has 2 heteroatoms. The van der Waals surface area contributed by atoms with Crippen LogP contribution in [0.1, 0.15) is 49.7 Å². The van der Waals surface area contributed by atoms with Crippen molar-refractivity contribution in [2.24, 2.45) is 4.99 Å². The first-order valence-electron chi connectivity index (χ1n) is 7.05. The molecule has 18 heavy (non-hydrogen) atoms. The summed E-state index contributed by atoms with van der Waals surface area (Å²) < 4.78 is 0. The van der Waals surface area contributed by atoms with Crippen LogP contribution >= 0.6 is 11.8 Å². The third-order valence-corrected chi connectivity index (χ3v) is 5.03. The van der Waals surface area contributed by atoms with Crippen molar-refractivity contribution < 1.29 is 0 Å². The predicted molar refractivity (Wildman–Crippen MR) is 80.6 cm³/mol. The third kappa shape index (κ3) is 2.23. The van der Waals surface area contributed by atoms with Crippen molar-refractivity contribution in [3.05, 3.63) is 35.4 Å². The minimum absolute atomic E-state index is 0.225. The Balaban J connectivity index is 2.00. The van der Waals surface area contributed by atoms with Crippen molar-refractivity contribution in [1.82, 2.24) is 0 Å². The lowest BCUT2D eigenvalue weighted by Crippen LogP contribution is -2.34. The zero-order valence-corrected chi connectivity index (χ0v) is 11.9. The van der Waals surface area contributed by atoms with E-state index in [-0.39, 0.29) is 5.54 Å². The van der Waals surface area contributed by atoms with Gasteiger partial charge >= 0.3 is 0 Å². The second kappa shape index (κ2) is 5.08. The Labute approximate surface area is 114 Å². The molecule has 1 saturated carbocycles. The molecule has 0 N–H and O–H groups in total. The van der Waals surface area contributed by atoms with Crippen molar-refractivity contribution >= 4 is 16.8 Å². The minimum Gasteiger partial charge on any atom is -0.271 e. The van der Waals surface area contributed by atoms with E-state index in [1.54, 1.807) is 0 Å². The molecule has 1 aliphatic heterocycles. The number of thioether (sulfide) groups is 1. The van der Waals surface area contributed by atoms with Gasteiger partial charge in [-0.05, 0) is 31.1 Å². The SMILES string of the molecule is CSC1=NC2(CCCCCC2)Cc2ccccc21. The first kappa shape index (κ1) is 12.3. The summed E-state index contributed by atoms with van der Waals surface area (Å²) in [7, 11) is 0. The van der Waals surface area contributed by atoms with E-state index in [4.69, 9.17) is 4.99 Å². The third-order valence-electron chi connectivity index (χ3n) is 4.33. The van der Waals surface area contributed by atoms with Crippen molar-refractivity contribution in [1.29, 1.82) is 0 Å². The molecule has 1 aromatic carbocycles. The number of rotatable bonds is 0. The molecule has 1 nitrogen and oxygen atoms in total. The van der Waals surface area contributed by atoms with Gasteiger partial charge in [-0.25, -0.2) is 0 Å². The number of aliphatic imine (C=N–C) groups is 1. The van der Waals surface area contributed by atoms with Crippen molar-refractivity contribution in [2.45, 2.75) is 50.5 Å². The largest absolute Gasteiger partial charge is 0.271 e. The lowest BCUT2D eigenvalue weighted by molar-refractivity contribution is 0.369. The van der Waals surface area contributed by atoms with Crippen LogP contribution in [0.15, 0.2) is 29.3 Å². The second-order valence-corrected chi connectivity index (χ2v) is 6.39. The molecule has 0 aromatic heterocycles. The number of hydrogen-bond acceptors (Lipinski definition) is 2. The van der Waals surface area contributed by atoms with Crippen LogP contribution in [0.2, 0.25) is 0 Å². The van der Waals surface area contributed by atoms with Crippen LogP contribution in [0.5, 0.6) is 0 Å². The van der Waals surface area contributed by atoms with Crippen LogP contribution < -0.4 is 0 Å². The van der Waals surface area contributed by atoms with Gasteiger partial charge in [-0.2, -0.15) is 0 Å². The second-order valence-electron chi connectivity index (χ2n) is 5.59. The minimum atomic E-state index is 0.225. The predicted octanol–water partition coefficient (Wildman–Crippen LogP) is 4.45. The summed E-state index contributed by atoms with van der Waals surface area (Å²) in [5.41, 5.74) is 3.11. The molecule has 96 valence electrons. The number of nitrogens with zero attached hydrogens (tertiary/aromatic N) is 1. The average molecular weight is 259 g/mol. The molecule has 0 bridgehead atoms. The molecular weight excluding hydrogens is 238 g/mol. The van der Waals surface area contributed by atoms with E-state index in [2.05, 4.69) is 30.5 Å². The molecule has 0 amide bonds. The van der Waals surface area contributed by atoms with E-state index in [1.807, 2.05) is 11.8 Å². The van der Waals surface area contributed by atoms with Gasteiger partial charge in [0.05, 0.1) is 10.6 Å². The average Bonchev–Trinajstić information content (AvgIpc) is 2.63. The van der Waals surface area contributed by atoms with E-state index in [9.17, 15) is 0 Å². The van der Waals surface area contributed by atoms with Crippen molar-refractivity contribution in [3.63, 3.8) is 0 Å². The summed E-state index contributed by atoms with van der Waals surface area (Å²) in [5, 5.41) is 1.26. The maximum Gasteiger partial charge on any atom is 0.0983 e. The first-order chi connectivity index (χ1) is 8.83. The first-order valence-corrected chi connectivity index (χ1v) is 8.28. The molecule has 0 radical (unpaired) electrons.